The van der Waals surface area contributed by atoms with E-state index in [1.807, 2.05) is 0 Å². The van der Waals surface area contributed by atoms with Crippen molar-refractivity contribution in [1.82, 2.24) is 0 Å². The van der Waals surface area contributed by atoms with Crippen molar-refractivity contribution in [3.63, 3.8) is 0 Å². The summed E-state index contributed by atoms with van der Waals surface area (Å²) in [6.07, 6.45) is 3.98. The molecule has 0 bridgehead atoms. The number of quaternary nitrogens is 2. The van der Waals surface area contributed by atoms with E-state index in [9.17, 15) is 0 Å². The van der Waals surface area contributed by atoms with Crippen molar-refractivity contribution in [3.05, 3.63) is 0 Å². The SMILES string of the molecule is CCCC[NH2+]CC[NH2+][C@H](C)CC. The monoisotopic (exact) mass is 174 g/mol. The summed E-state index contributed by atoms with van der Waals surface area (Å²) in [6.45, 7) is 10.7. The van der Waals surface area contributed by atoms with Gasteiger partial charge < -0.3 is 10.6 Å². The molecule has 0 amide bonds. The summed E-state index contributed by atoms with van der Waals surface area (Å²) in [4.78, 5) is 0. The maximum absolute atomic E-state index is 2.45. The standard InChI is InChI=1S/C10H24N2/c1-4-6-7-11-8-9-12-10(3)5-2/h10-12H,4-9H2,1-3H3/p+2/t10-/m1/s1. The van der Waals surface area contributed by atoms with E-state index in [1.54, 1.807) is 0 Å². The lowest BCUT2D eigenvalue weighted by Crippen LogP contribution is -2.97. The number of hydrogen-bond acceptors (Lipinski definition) is 0. The predicted octanol–water partition coefficient (Wildman–Crippen LogP) is -0.288. The van der Waals surface area contributed by atoms with Crippen molar-refractivity contribution in [1.29, 1.82) is 0 Å². The van der Waals surface area contributed by atoms with Crippen LogP contribution in [-0.2, 0) is 0 Å². The highest BCUT2D eigenvalue weighted by Crippen LogP contribution is 1.77. The Kier molecular flexibility index (Phi) is 8.95. The first-order valence-electron chi connectivity index (χ1n) is 5.46. The molecule has 74 valence electrons. The van der Waals surface area contributed by atoms with E-state index in [2.05, 4.69) is 31.4 Å². The van der Waals surface area contributed by atoms with Crippen molar-refractivity contribution in [2.45, 2.75) is 46.1 Å². The van der Waals surface area contributed by atoms with Crippen LogP contribution in [0.1, 0.15) is 40.0 Å². The quantitative estimate of drug-likeness (QED) is 0.474. The molecule has 0 aromatic carbocycles. The van der Waals surface area contributed by atoms with E-state index in [4.69, 9.17) is 0 Å². The molecule has 0 radical (unpaired) electrons. The highest BCUT2D eigenvalue weighted by Gasteiger charge is 2.00. The largest absolute Gasteiger partial charge is 0.342 e. The molecule has 0 unspecified atom stereocenters. The molecule has 0 aromatic heterocycles. The maximum Gasteiger partial charge on any atom is 0.125 e. The summed E-state index contributed by atoms with van der Waals surface area (Å²) in [5.74, 6) is 0. The smallest absolute Gasteiger partial charge is 0.125 e. The minimum Gasteiger partial charge on any atom is -0.342 e. The zero-order valence-corrected chi connectivity index (χ0v) is 8.97. The summed E-state index contributed by atoms with van der Waals surface area (Å²) in [5.41, 5.74) is 0. The van der Waals surface area contributed by atoms with E-state index in [0.717, 1.165) is 6.04 Å². The van der Waals surface area contributed by atoms with Gasteiger partial charge in [-0.05, 0) is 19.8 Å². The second-order valence-corrected chi connectivity index (χ2v) is 3.63. The van der Waals surface area contributed by atoms with E-state index in [0.29, 0.717) is 0 Å². The van der Waals surface area contributed by atoms with Gasteiger partial charge in [-0.3, -0.25) is 0 Å². The fourth-order valence-corrected chi connectivity index (χ4v) is 1.16. The van der Waals surface area contributed by atoms with E-state index in [1.165, 1.54) is 38.9 Å². The van der Waals surface area contributed by atoms with Gasteiger partial charge in [-0.15, -0.1) is 0 Å². The molecule has 0 spiro atoms. The van der Waals surface area contributed by atoms with Crippen molar-refractivity contribution in [3.8, 4) is 0 Å². The summed E-state index contributed by atoms with van der Waals surface area (Å²) >= 11 is 0. The number of rotatable bonds is 8. The topological polar surface area (TPSA) is 33.2 Å². The molecule has 2 nitrogen and oxygen atoms in total. The molecular weight excluding hydrogens is 148 g/mol. The van der Waals surface area contributed by atoms with Crippen LogP contribution in [0.4, 0.5) is 0 Å². The summed E-state index contributed by atoms with van der Waals surface area (Å²) < 4.78 is 0. The Hall–Kier alpha value is -0.0800. The van der Waals surface area contributed by atoms with E-state index < -0.39 is 0 Å². The van der Waals surface area contributed by atoms with Crippen molar-refractivity contribution >= 4 is 0 Å². The van der Waals surface area contributed by atoms with Gasteiger partial charge in [-0.2, -0.15) is 0 Å². The van der Waals surface area contributed by atoms with E-state index >= 15 is 0 Å². The lowest BCUT2D eigenvalue weighted by atomic mass is 10.2. The Morgan fingerprint density at radius 1 is 1.08 bits per heavy atom. The highest BCUT2D eigenvalue weighted by molar-refractivity contribution is 4.36. The lowest BCUT2D eigenvalue weighted by molar-refractivity contribution is -0.739. The van der Waals surface area contributed by atoms with Crippen LogP contribution in [0.25, 0.3) is 0 Å². The number of nitrogens with two attached hydrogens (primary N) is 2. The molecule has 0 aliphatic heterocycles. The molecule has 0 fully saturated rings. The molecule has 0 aromatic rings. The minimum atomic E-state index is 0.810. The zero-order valence-electron chi connectivity index (χ0n) is 8.97. The Morgan fingerprint density at radius 2 is 1.83 bits per heavy atom. The normalized spacial score (nSPS) is 13.2. The first-order chi connectivity index (χ1) is 5.81. The van der Waals surface area contributed by atoms with Crippen LogP contribution in [-0.4, -0.2) is 25.7 Å². The Labute approximate surface area is 77.1 Å². The van der Waals surface area contributed by atoms with Gasteiger partial charge in [-0.25, -0.2) is 0 Å². The number of hydrogen-bond donors (Lipinski definition) is 2. The van der Waals surface area contributed by atoms with Gasteiger partial charge in [-0.1, -0.05) is 20.3 Å². The van der Waals surface area contributed by atoms with Crippen LogP contribution in [0.2, 0.25) is 0 Å². The van der Waals surface area contributed by atoms with Crippen molar-refractivity contribution in [2.24, 2.45) is 0 Å². The van der Waals surface area contributed by atoms with Gasteiger partial charge in [0.05, 0.1) is 12.6 Å². The van der Waals surface area contributed by atoms with E-state index in [-0.39, 0.29) is 0 Å². The summed E-state index contributed by atoms with van der Waals surface area (Å²) in [5, 5.41) is 4.88. The third-order valence-electron chi connectivity index (χ3n) is 2.35. The van der Waals surface area contributed by atoms with Crippen LogP contribution in [0.5, 0.6) is 0 Å². The Morgan fingerprint density at radius 3 is 2.42 bits per heavy atom. The summed E-state index contributed by atoms with van der Waals surface area (Å²) in [6, 6.07) is 0.810. The maximum atomic E-state index is 2.45. The first-order valence-corrected chi connectivity index (χ1v) is 5.46. The predicted molar refractivity (Wildman–Crippen MR) is 53.1 cm³/mol. The molecule has 1 atom stereocenters. The number of unbranched alkanes of at least 4 members (excludes halogenated alkanes) is 1. The van der Waals surface area contributed by atoms with Crippen LogP contribution >= 0.6 is 0 Å². The molecule has 12 heavy (non-hydrogen) atoms. The van der Waals surface area contributed by atoms with Crippen molar-refractivity contribution < 1.29 is 10.6 Å². The van der Waals surface area contributed by atoms with Gasteiger partial charge in [0.2, 0.25) is 0 Å². The highest BCUT2D eigenvalue weighted by atomic mass is 15.0. The average Bonchev–Trinajstić information content (AvgIpc) is 2.10. The molecule has 0 rings (SSSR count). The first kappa shape index (κ1) is 11.9. The van der Waals surface area contributed by atoms with Crippen LogP contribution in [0.3, 0.4) is 0 Å². The molecule has 0 aliphatic rings. The van der Waals surface area contributed by atoms with Gasteiger partial charge in [0, 0.05) is 0 Å². The molecule has 2 heteroatoms. The van der Waals surface area contributed by atoms with Gasteiger partial charge >= 0.3 is 0 Å². The summed E-state index contributed by atoms with van der Waals surface area (Å²) in [7, 11) is 0. The van der Waals surface area contributed by atoms with Gasteiger partial charge in [0.15, 0.2) is 0 Å². The van der Waals surface area contributed by atoms with Crippen LogP contribution in [0, 0.1) is 0 Å². The van der Waals surface area contributed by atoms with Crippen LogP contribution in [0.15, 0.2) is 0 Å². The average molecular weight is 174 g/mol. The molecular formula is C10H26N2+2. The fourth-order valence-electron chi connectivity index (χ4n) is 1.16. The second kappa shape index (κ2) is 9.01. The lowest BCUT2D eigenvalue weighted by Gasteiger charge is -2.06. The second-order valence-electron chi connectivity index (χ2n) is 3.63. The van der Waals surface area contributed by atoms with Gasteiger partial charge in [0.25, 0.3) is 0 Å². The third-order valence-corrected chi connectivity index (χ3v) is 2.35. The minimum absolute atomic E-state index is 0.810. The molecule has 0 heterocycles. The molecule has 0 saturated heterocycles. The Bertz CT molecular complexity index is 83.9. The molecule has 0 aliphatic carbocycles. The van der Waals surface area contributed by atoms with Gasteiger partial charge in [0.1, 0.15) is 13.1 Å². The third kappa shape index (κ3) is 8.02. The molecule has 4 N–H and O–H groups in total. The Balaban J connectivity index is 2.90. The van der Waals surface area contributed by atoms with Crippen LogP contribution < -0.4 is 10.6 Å². The fraction of sp³-hybridized carbons (Fsp3) is 1.00. The zero-order chi connectivity index (χ0) is 9.23. The van der Waals surface area contributed by atoms with Crippen molar-refractivity contribution in [2.75, 3.05) is 19.6 Å². The molecule has 0 saturated carbocycles.